The van der Waals surface area contributed by atoms with Crippen LogP contribution in [0.1, 0.15) is 36.5 Å². The summed E-state index contributed by atoms with van der Waals surface area (Å²) in [6.07, 6.45) is -4.98. The normalized spacial score (nSPS) is 11.0. The smallest absolute Gasteiger partial charge is 0.451 e. The molecule has 0 aromatic carbocycles. The molecule has 0 unspecified atom stereocenters. The number of carbonyl (C=O) groups is 3. The van der Waals surface area contributed by atoms with Crippen LogP contribution in [0.5, 0.6) is 0 Å². The van der Waals surface area contributed by atoms with Gasteiger partial charge in [-0.25, -0.2) is 14.8 Å². The van der Waals surface area contributed by atoms with Crippen molar-refractivity contribution in [2.45, 2.75) is 26.4 Å². The van der Waals surface area contributed by atoms with Gasteiger partial charge in [0.15, 0.2) is 5.82 Å². The Bertz CT molecular complexity index is 664. The fourth-order valence-corrected chi connectivity index (χ4v) is 1.69. The summed E-state index contributed by atoms with van der Waals surface area (Å²) < 4.78 is 47.7. The van der Waals surface area contributed by atoms with Gasteiger partial charge >= 0.3 is 18.1 Å². The molecule has 0 aliphatic rings. The van der Waals surface area contributed by atoms with E-state index in [-0.39, 0.29) is 13.2 Å². The highest BCUT2D eigenvalue weighted by molar-refractivity contribution is 6.06. The molecule has 1 amide bonds. The molecule has 8 nitrogen and oxygen atoms in total. The van der Waals surface area contributed by atoms with Gasteiger partial charge in [-0.2, -0.15) is 13.2 Å². The zero-order chi connectivity index (χ0) is 19.2. The first-order valence-corrected chi connectivity index (χ1v) is 7.15. The number of alkyl halides is 3. The van der Waals surface area contributed by atoms with E-state index in [9.17, 15) is 27.6 Å². The molecule has 0 atom stereocenters. The molecular weight excluding hydrogens is 347 g/mol. The van der Waals surface area contributed by atoms with Crippen molar-refractivity contribution in [3.8, 4) is 0 Å². The van der Waals surface area contributed by atoms with Gasteiger partial charge in [-0.15, -0.1) is 0 Å². The van der Waals surface area contributed by atoms with Crippen LogP contribution in [0.4, 0.5) is 19.0 Å². The van der Waals surface area contributed by atoms with E-state index in [4.69, 9.17) is 4.74 Å². The second kappa shape index (κ2) is 8.40. The maximum Gasteiger partial charge on any atom is 0.451 e. The van der Waals surface area contributed by atoms with E-state index >= 15 is 0 Å². The van der Waals surface area contributed by atoms with Gasteiger partial charge in [0.05, 0.1) is 13.2 Å². The number of halogens is 3. The van der Waals surface area contributed by atoms with Crippen LogP contribution in [0.3, 0.4) is 0 Å². The monoisotopic (exact) mass is 363 g/mol. The first-order valence-electron chi connectivity index (χ1n) is 7.15. The molecule has 1 aromatic heterocycles. The van der Waals surface area contributed by atoms with Gasteiger partial charge in [0, 0.05) is 13.2 Å². The van der Waals surface area contributed by atoms with Crippen LogP contribution in [0.25, 0.3) is 0 Å². The van der Waals surface area contributed by atoms with Crippen LogP contribution in [0.15, 0.2) is 6.20 Å². The molecule has 0 saturated heterocycles. The fraction of sp³-hybridized carbons (Fsp3) is 0.500. The first-order chi connectivity index (χ1) is 11.6. The maximum absolute atomic E-state index is 12.8. The van der Waals surface area contributed by atoms with Gasteiger partial charge in [-0.3, -0.25) is 14.5 Å². The SMILES string of the molecule is CCOC(=O)CC(=O)N(C)c1nc(C(F)(F)F)ncc1C(=O)OCC. The molecule has 1 rings (SSSR count). The van der Waals surface area contributed by atoms with Crippen LogP contribution in [-0.2, 0) is 25.2 Å². The molecular formula is C14H16F3N3O5. The molecule has 11 heteroatoms. The van der Waals surface area contributed by atoms with Gasteiger partial charge < -0.3 is 9.47 Å². The zero-order valence-electron chi connectivity index (χ0n) is 13.7. The quantitative estimate of drug-likeness (QED) is 0.559. The number of ether oxygens (including phenoxy) is 2. The molecule has 0 radical (unpaired) electrons. The summed E-state index contributed by atoms with van der Waals surface area (Å²) in [6, 6.07) is 0. The van der Waals surface area contributed by atoms with E-state index in [1.54, 1.807) is 0 Å². The van der Waals surface area contributed by atoms with Gasteiger partial charge in [0.1, 0.15) is 12.0 Å². The molecule has 0 aliphatic carbocycles. The maximum atomic E-state index is 12.8. The van der Waals surface area contributed by atoms with E-state index in [2.05, 4.69) is 14.7 Å². The minimum atomic E-state index is -4.88. The van der Waals surface area contributed by atoms with E-state index in [0.29, 0.717) is 11.1 Å². The summed E-state index contributed by atoms with van der Waals surface area (Å²) in [5, 5.41) is 0. The van der Waals surface area contributed by atoms with Crippen molar-refractivity contribution in [1.29, 1.82) is 0 Å². The number of anilines is 1. The lowest BCUT2D eigenvalue weighted by molar-refractivity contribution is -0.146. The van der Waals surface area contributed by atoms with Crippen molar-refractivity contribution in [3.63, 3.8) is 0 Å². The van der Waals surface area contributed by atoms with Crippen molar-refractivity contribution in [2.24, 2.45) is 0 Å². The Morgan fingerprint density at radius 2 is 1.76 bits per heavy atom. The van der Waals surface area contributed by atoms with E-state index in [1.807, 2.05) is 0 Å². The van der Waals surface area contributed by atoms with Crippen LogP contribution in [-0.4, -0.2) is 48.1 Å². The van der Waals surface area contributed by atoms with E-state index in [1.165, 1.54) is 13.8 Å². The molecule has 0 saturated carbocycles. The van der Waals surface area contributed by atoms with Crippen molar-refractivity contribution < 1.29 is 37.0 Å². The van der Waals surface area contributed by atoms with Gasteiger partial charge in [0.25, 0.3) is 0 Å². The third-order valence-corrected chi connectivity index (χ3v) is 2.81. The topological polar surface area (TPSA) is 98.7 Å². The van der Waals surface area contributed by atoms with Gasteiger partial charge in [-0.05, 0) is 13.8 Å². The lowest BCUT2D eigenvalue weighted by Crippen LogP contribution is -2.32. The lowest BCUT2D eigenvalue weighted by Gasteiger charge is -2.19. The second-order valence-corrected chi connectivity index (χ2v) is 4.58. The number of rotatable bonds is 6. The molecule has 0 N–H and O–H groups in total. The number of amides is 1. The first kappa shape index (κ1) is 20.3. The summed E-state index contributed by atoms with van der Waals surface area (Å²) in [5.74, 6) is -4.92. The highest BCUT2D eigenvalue weighted by atomic mass is 19.4. The Morgan fingerprint density at radius 3 is 2.28 bits per heavy atom. The summed E-state index contributed by atoms with van der Waals surface area (Å²) >= 11 is 0. The van der Waals surface area contributed by atoms with Crippen molar-refractivity contribution in [2.75, 3.05) is 25.2 Å². The molecule has 138 valence electrons. The predicted molar refractivity (Wildman–Crippen MR) is 77.7 cm³/mol. The average molecular weight is 363 g/mol. The minimum Gasteiger partial charge on any atom is -0.466 e. The highest BCUT2D eigenvalue weighted by Gasteiger charge is 2.37. The molecule has 0 spiro atoms. The van der Waals surface area contributed by atoms with Gasteiger partial charge in [-0.1, -0.05) is 0 Å². The largest absolute Gasteiger partial charge is 0.466 e. The van der Waals surface area contributed by atoms with Crippen molar-refractivity contribution >= 4 is 23.7 Å². The number of esters is 2. The molecule has 25 heavy (non-hydrogen) atoms. The average Bonchev–Trinajstić information content (AvgIpc) is 2.53. The summed E-state index contributed by atoms with van der Waals surface area (Å²) in [5.41, 5.74) is -0.436. The molecule has 1 aromatic rings. The van der Waals surface area contributed by atoms with Crippen molar-refractivity contribution in [1.82, 2.24) is 9.97 Å². The Kier molecular flexibility index (Phi) is 6.83. The Labute approximate surface area is 140 Å². The summed E-state index contributed by atoms with van der Waals surface area (Å²) in [6.45, 7) is 3.03. The standard InChI is InChI=1S/C14H16F3N3O5/c1-4-24-10(22)6-9(21)20(3)11-8(12(23)25-5-2)7-18-13(19-11)14(15,16)17/h7H,4-6H2,1-3H3. The Balaban J connectivity index is 3.25. The third kappa shape index (κ3) is 5.40. The van der Waals surface area contributed by atoms with Crippen molar-refractivity contribution in [3.05, 3.63) is 17.6 Å². The highest BCUT2D eigenvalue weighted by Crippen LogP contribution is 2.29. The number of hydrogen-bond donors (Lipinski definition) is 0. The Morgan fingerprint density at radius 1 is 1.16 bits per heavy atom. The van der Waals surface area contributed by atoms with Crippen LogP contribution in [0, 0.1) is 0 Å². The number of nitrogens with zero attached hydrogens (tertiary/aromatic N) is 3. The van der Waals surface area contributed by atoms with E-state index < -0.39 is 47.6 Å². The van der Waals surface area contributed by atoms with Crippen LogP contribution in [0.2, 0.25) is 0 Å². The van der Waals surface area contributed by atoms with Crippen LogP contribution < -0.4 is 4.90 Å². The van der Waals surface area contributed by atoms with Gasteiger partial charge in [0.2, 0.25) is 11.7 Å². The lowest BCUT2D eigenvalue weighted by atomic mass is 10.2. The molecule has 0 aliphatic heterocycles. The zero-order valence-corrected chi connectivity index (χ0v) is 13.7. The number of aromatic nitrogens is 2. The number of hydrogen-bond acceptors (Lipinski definition) is 7. The second-order valence-electron chi connectivity index (χ2n) is 4.58. The molecule has 0 bridgehead atoms. The van der Waals surface area contributed by atoms with E-state index in [0.717, 1.165) is 7.05 Å². The Hall–Kier alpha value is -2.72. The van der Waals surface area contributed by atoms with Crippen LogP contribution >= 0.6 is 0 Å². The predicted octanol–water partition coefficient (Wildman–Crippen LogP) is 1.59. The number of carbonyl (C=O) groups excluding carboxylic acids is 3. The third-order valence-electron chi connectivity index (χ3n) is 2.81. The summed E-state index contributed by atoms with van der Waals surface area (Å²) in [4.78, 5) is 42.3. The molecule has 0 fully saturated rings. The fourth-order valence-electron chi connectivity index (χ4n) is 1.69. The summed E-state index contributed by atoms with van der Waals surface area (Å²) in [7, 11) is 1.08. The molecule has 1 heterocycles. The minimum absolute atomic E-state index is 0.0373.